The fourth-order valence-corrected chi connectivity index (χ4v) is 3.54. The molecule has 0 aromatic carbocycles. The zero-order chi connectivity index (χ0) is 25.4. The van der Waals surface area contributed by atoms with Crippen molar-refractivity contribution in [3.8, 4) is 0 Å². The Morgan fingerprint density at radius 1 is 0.879 bits per heavy atom. The van der Waals surface area contributed by atoms with E-state index in [1.54, 1.807) is 11.8 Å². The zero-order valence-electron chi connectivity index (χ0n) is 19.3. The molecule has 0 aromatic rings. The molecule has 0 aliphatic heterocycles. The summed E-state index contributed by atoms with van der Waals surface area (Å²) in [6.45, 7) is 1.59. The number of guanidine groups is 1. The van der Waals surface area contributed by atoms with Gasteiger partial charge in [0.05, 0.1) is 6.04 Å². The van der Waals surface area contributed by atoms with Gasteiger partial charge in [0, 0.05) is 6.54 Å². The lowest BCUT2D eigenvalue weighted by Crippen LogP contribution is -2.57. The number of hydrogen-bond acceptors (Lipinski definition) is 8. The molecule has 0 spiro atoms. The van der Waals surface area contributed by atoms with Crippen molar-refractivity contribution in [2.24, 2.45) is 22.2 Å². The van der Waals surface area contributed by atoms with Crippen LogP contribution >= 0.6 is 23.5 Å². The zero-order valence-corrected chi connectivity index (χ0v) is 21.0. The molecule has 0 saturated heterocycles. The van der Waals surface area contributed by atoms with E-state index >= 15 is 0 Å². The smallest absolute Gasteiger partial charge is 0.325 e. The number of nitrogens with two attached hydrogens (primary N) is 3. The van der Waals surface area contributed by atoms with E-state index in [0.717, 1.165) is 0 Å². The molecule has 4 unspecified atom stereocenters. The van der Waals surface area contributed by atoms with E-state index in [9.17, 15) is 19.2 Å². The van der Waals surface area contributed by atoms with E-state index in [1.807, 2.05) is 12.5 Å². The van der Waals surface area contributed by atoms with Gasteiger partial charge >= 0.3 is 5.97 Å². The molecule has 0 bridgehead atoms. The second kappa shape index (κ2) is 17.3. The molecule has 4 atom stereocenters. The van der Waals surface area contributed by atoms with Crippen molar-refractivity contribution in [2.75, 3.05) is 30.6 Å². The number of nitrogens with one attached hydrogen (secondary N) is 3. The Bertz CT molecular complexity index is 677. The second-order valence-corrected chi connectivity index (χ2v) is 9.28. The van der Waals surface area contributed by atoms with E-state index in [4.69, 9.17) is 22.3 Å². The Balaban J connectivity index is 5.36. The number of rotatable bonds is 17. The molecule has 0 radical (unpaired) electrons. The van der Waals surface area contributed by atoms with Crippen LogP contribution in [0.2, 0.25) is 0 Å². The molecule has 14 heteroatoms. The number of carboxylic acids is 1. The number of thioether (sulfide) groups is 2. The maximum Gasteiger partial charge on any atom is 0.325 e. The highest BCUT2D eigenvalue weighted by Gasteiger charge is 2.29. The summed E-state index contributed by atoms with van der Waals surface area (Å²) in [4.78, 5) is 52.9. The van der Waals surface area contributed by atoms with Crippen LogP contribution in [0.3, 0.4) is 0 Å². The van der Waals surface area contributed by atoms with E-state index in [1.165, 1.54) is 18.7 Å². The van der Waals surface area contributed by atoms with Crippen molar-refractivity contribution < 1.29 is 24.3 Å². The first kappa shape index (κ1) is 30.8. The summed E-state index contributed by atoms with van der Waals surface area (Å²) in [5.41, 5.74) is 16.5. The molecule has 190 valence electrons. The van der Waals surface area contributed by atoms with Crippen LogP contribution < -0.4 is 33.2 Å². The molecule has 12 nitrogen and oxygen atoms in total. The van der Waals surface area contributed by atoms with Crippen LogP contribution in [0.25, 0.3) is 0 Å². The number of hydrogen-bond donors (Lipinski definition) is 7. The van der Waals surface area contributed by atoms with Crippen LogP contribution in [0.15, 0.2) is 4.99 Å². The van der Waals surface area contributed by atoms with Gasteiger partial charge in [-0.3, -0.25) is 24.2 Å². The van der Waals surface area contributed by atoms with Gasteiger partial charge in [-0.15, -0.1) is 0 Å². The average molecular weight is 508 g/mol. The molecule has 10 N–H and O–H groups in total. The van der Waals surface area contributed by atoms with E-state index in [2.05, 4.69) is 20.9 Å². The van der Waals surface area contributed by atoms with E-state index in [-0.39, 0.29) is 25.3 Å². The highest BCUT2D eigenvalue weighted by atomic mass is 32.2. The Kier molecular flexibility index (Phi) is 16.2. The van der Waals surface area contributed by atoms with Crippen LogP contribution in [0.5, 0.6) is 0 Å². The van der Waals surface area contributed by atoms with Crippen molar-refractivity contribution in [1.82, 2.24) is 16.0 Å². The Labute approximate surface area is 203 Å². The van der Waals surface area contributed by atoms with Crippen molar-refractivity contribution in [1.29, 1.82) is 0 Å². The Morgan fingerprint density at radius 3 is 1.94 bits per heavy atom. The van der Waals surface area contributed by atoms with Gasteiger partial charge < -0.3 is 38.3 Å². The van der Waals surface area contributed by atoms with Crippen LogP contribution in [0.4, 0.5) is 0 Å². The van der Waals surface area contributed by atoms with Gasteiger partial charge in [-0.2, -0.15) is 23.5 Å². The first-order valence-corrected chi connectivity index (χ1v) is 13.2. The number of aliphatic imine (C=N–C) groups is 1. The highest BCUT2D eigenvalue weighted by Crippen LogP contribution is 2.06. The lowest BCUT2D eigenvalue weighted by atomic mass is 10.1. The van der Waals surface area contributed by atoms with Gasteiger partial charge in [-0.05, 0) is 56.6 Å². The molecule has 0 aliphatic carbocycles. The number of carbonyl (C=O) groups excluding carboxylic acids is 3. The molecule has 0 fully saturated rings. The topological polar surface area (TPSA) is 215 Å². The molecule has 0 aromatic heterocycles. The Morgan fingerprint density at radius 2 is 1.39 bits per heavy atom. The fraction of sp³-hybridized carbons (Fsp3) is 0.737. The molecular formula is C19H37N7O5S2. The van der Waals surface area contributed by atoms with Gasteiger partial charge in [0.25, 0.3) is 0 Å². The van der Waals surface area contributed by atoms with Crippen LogP contribution in [-0.2, 0) is 19.2 Å². The number of nitrogens with zero attached hydrogens (tertiary/aromatic N) is 1. The van der Waals surface area contributed by atoms with Gasteiger partial charge in [-0.25, -0.2) is 0 Å². The molecule has 0 rings (SSSR count). The summed E-state index contributed by atoms with van der Waals surface area (Å²) >= 11 is 3.03. The largest absolute Gasteiger partial charge is 0.480 e. The molecule has 33 heavy (non-hydrogen) atoms. The highest BCUT2D eigenvalue weighted by molar-refractivity contribution is 7.98. The summed E-state index contributed by atoms with van der Waals surface area (Å²) in [5.74, 6) is -1.70. The lowest BCUT2D eigenvalue weighted by Gasteiger charge is -2.24. The first-order chi connectivity index (χ1) is 15.5. The fourth-order valence-electron chi connectivity index (χ4n) is 2.58. The predicted molar refractivity (Wildman–Crippen MR) is 133 cm³/mol. The van der Waals surface area contributed by atoms with Crippen LogP contribution in [0.1, 0.15) is 32.6 Å². The van der Waals surface area contributed by atoms with Crippen molar-refractivity contribution in [3.05, 3.63) is 0 Å². The summed E-state index contributed by atoms with van der Waals surface area (Å²) < 4.78 is 0. The average Bonchev–Trinajstić information content (AvgIpc) is 2.75. The minimum Gasteiger partial charge on any atom is -0.480 e. The van der Waals surface area contributed by atoms with Crippen molar-refractivity contribution in [3.63, 3.8) is 0 Å². The molecule has 0 saturated carbocycles. The van der Waals surface area contributed by atoms with Crippen molar-refractivity contribution in [2.45, 2.75) is 56.8 Å². The van der Waals surface area contributed by atoms with Crippen LogP contribution in [0, 0.1) is 0 Å². The molecule has 0 aliphatic rings. The van der Waals surface area contributed by atoms with Gasteiger partial charge in [-0.1, -0.05) is 0 Å². The van der Waals surface area contributed by atoms with E-state index in [0.29, 0.717) is 24.3 Å². The normalized spacial score (nSPS) is 14.3. The first-order valence-electron chi connectivity index (χ1n) is 10.5. The number of carboxylic acid groups (broad SMARTS) is 1. The van der Waals surface area contributed by atoms with Gasteiger partial charge in [0.2, 0.25) is 17.7 Å². The third-order valence-corrected chi connectivity index (χ3v) is 5.81. The molecular weight excluding hydrogens is 470 g/mol. The standard InChI is InChI=1S/C19H37N7O5S2/c1-11(18(30)31)24-16(28)14(7-10-33-3)26-17(29)13(5-4-8-23-19(21)22)25-15(27)12(20)6-9-32-2/h11-14H,4-10,20H2,1-3H3,(H,24,28)(H,25,27)(H,26,29)(H,30,31)(H4,21,22,23). The molecule has 3 amide bonds. The predicted octanol–water partition coefficient (Wildman–Crippen LogP) is -1.57. The van der Waals surface area contributed by atoms with Crippen LogP contribution in [-0.4, -0.2) is 89.5 Å². The Hall–Kier alpha value is -2.19. The van der Waals surface area contributed by atoms with E-state index < -0.39 is 47.9 Å². The maximum absolute atomic E-state index is 13.0. The number of carbonyl (C=O) groups is 4. The summed E-state index contributed by atoms with van der Waals surface area (Å²) in [6, 6.07) is -3.82. The van der Waals surface area contributed by atoms with Crippen molar-refractivity contribution >= 4 is 53.2 Å². The summed E-state index contributed by atoms with van der Waals surface area (Å²) in [7, 11) is 0. The SMILES string of the molecule is CSCCC(N)C(=O)NC(CCCN=C(N)N)C(=O)NC(CCSC)C(=O)NC(C)C(=O)O. The third kappa shape index (κ3) is 13.8. The summed E-state index contributed by atoms with van der Waals surface area (Å²) in [5, 5.41) is 16.7. The van der Waals surface area contributed by atoms with Gasteiger partial charge in [0.1, 0.15) is 18.1 Å². The molecule has 0 heterocycles. The third-order valence-electron chi connectivity index (χ3n) is 4.52. The number of aliphatic carboxylic acids is 1. The second-order valence-electron chi connectivity index (χ2n) is 7.31. The lowest BCUT2D eigenvalue weighted by molar-refractivity contribution is -0.141. The monoisotopic (exact) mass is 507 g/mol. The quantitative estimate of drug-likeness (QED) is 0.0682. The van der Waals surface area contributed by atoms with Gasteiger partial charge in [0.15, 0.2) is 5.96 Å². The maximum atomic E-state index is 13.0. The minimum atomic E-state index is -1.19. The summed E-state index contributed by atoms with van der Waals surface area (Å²) in [6.07, 6.45) is 5.09. The number of amides is 3. The minimum absolute atomic E-state index is 0.0829.